The molecule has 5 saturated carbocycles. The summed E-state index contributed by atoms with van der Waals surface area (Å²) in [5.41, 5.74) is -1.10. The number of carbonyl (C=O) groups excluding carboxylic acids is 3. The van der Waals surface area contributed by atoms with Gasteiger partial charge in [0.05, 0.1) is 5.57 Å². The van der Waals surface area contributed by atoms with Crippen molar-refractivity contribution in [3.63, 3.8) is 0 Å². The highest BCUT2D eigenvalue weighted by atomic mass is 16.2. The number of nitriles is 1. The van der Waals surface area contributed by atoms with Crippen LogP contribution in [0.5, 0.6) is 0 Å². The molecule has 1 N–H and O–H groups in total. The average Bonchev–Trinajstić information content (AvgIpc) is 3.69. The molecule has 6 rings (SSSR count). The molecular formula is C34H48N2O3. The highest BCUT2D eigenvalue weighted by molar-refractivity contribution is 6.04. The van der Waals surface area contributed by atoms with E-state index in [1.165, 1.54) is 0 Å². The molecule has 0 aromatic carbocycles. The maximum Gasteiger partial charge on any atom is 0.223 e. The Labute approximate surface area is 234 Å². The molecule has 5 nitrogen and oxygen atoms in total. The second kappa shape index (κ2) is 8.07. The van der Waals surface area contributed by atoms with Crippen LogP contribution in [-0.4, -0.2) is 23.0 Å². The Hall–Kier alpha value is -1.96. The topological polar surface area (TPSA) is 87.0 Å². The summed E-state index contributed by atoms with van der Waals surface area (Å²) in [6.07, 6.45) is 11.3. The van der Waals surface area contributed by atoms with E-state index in [0.29, 0.717) is 12.2 Å². The van der Waals surface area contributed by atoms with Crippen molar-refractivity contribution in [1.29, 1.82) is 5.26 Å². The smallest absolute Gasteiger partial charge is 0.223 e. The minimum Gasteiger partial charge on any atom is -0.350 e. The molecule has 212 valence electrons. The molecule has 6 aliphatic carbocycles. The Morgan fingerprint density at radius 3 is 2.21 bits per heavy atom. The fraction of sp³-hybridized carbons (Fsp3) is 0.824. The molecule has 6 aliphatic rings. The fourth-order valence-corrected chi connectivity index (χ4v) is 11.2. The summed E-state index contributed by atoms with van der Waals surface area (Å²) < 4.78 is 0. The largest absolute Gasteiger partial charge is 0.350 e. The Bertz CT molecular complexity index is 1220. The van der Waals surface area contributed by atoms with Crippen LogP contribution in [0.15, 0.2) is 11.6 Å². The fourth-order valence-electron chi connectivity index (χ4n) is 11.2. The number of fused-ring (bicyclic) bond motifs is 7. The molecule has 0 aliphatic heterocycles. The zero-order chi connectivity index (χ0) is 28.4. The predicted octanol–water partition coefficient (Wildman–Crippen LogP) is 6.56. The van der Waals surface area contributed by atoms with Crippen LogP contribution in [0, 0.1) is 68.0 Å². The zero-order valence-electron chi connectivity index (χ0n) is 25.2. The average molecular weight is 533 g/mol. The lowest BCUT2D eigenvalue weighted by molar-refractivity contribution is -0.215. The monoisotopic (exact) mass is 532 g/mol. The number of nitrogens with one attached hydrogen (secondary N) is 1. The Kier molecular flexibility index (Phi) is 5.63. The van der Waals surface area contributed by atoms with E-state index in [1.807, 2.05) is 19.9 Å². The quantitative estimate of drug-likeness (QED) is 0.436. The highest BCUT2D eigenvalue weighted by Crippen LogP contribution is 2.74. The van der Waals surface area contributed by atoms with Gasteiger partial charge in [0.25, 0.3) is 0 Å². The third kappa shape index (κ3) is 3.51. The lowest BCUT2D eigenvalue weighted by Gasteiger charge is -2.72. The van der Waals surface area contributed by atoms with Crippen molar-refractivity contribution in [2.75, 3.05) is 0 Å². The molecule has 0 spiro atoms. The Morgan fingerprint density at radius 2 is 1.56 bits per heavy atom. The summed E-state index contributed by atoms with van der Waals surface area (Å²) in [4.78, 5) is 41.1. The lowest BCUT2D eigenvalue weighted by atomic mass is 9.32. The van der Waals surface area contributed by atoms with Crippen molar-refractivity contribution in [2.24, 2.45) is 56.7 Å². The number of rotatable bonds is 2. The lowest BCUT2D eigenvalue weighted by Crippen LogP contribution is -2.72. The van der Waals surface area contributed by atoms with Gasteiger partial charge in [-0.15, -0.1) is 0 Å². The van der Waals surface area contributed by atoms with Gasteiger partial charge in [0, 0.05) is 29.2 Å². The molecule has 0 bridgehead atoms. The first-order valence-corrected chi connectivity index (χ1v) is 15.6. The molecule has 5 fully saturated rings. The van der Waals surface area contributed by atoms with Crippen molar-refractivity contribution in [3.8, 4) is 6.07 Å². The van der Waals surface area contributed by atoms with Crippen molar-refractivity contribution >= 4 is 17.5 Å². The Morgan fingerprint density at radius 1 is 0.897 bits per heavy atom. The first kappa shape index (κ1) is 27.2. The highest BCUT2D eigenvalue weighted by Gasteiger charge is 2.72. The summed E-state index contributed by atoms with van der Waals surface area (Å²) in [7, 11) is 0. The Balaban J connectivity index is 1.44. The van der Waals surface area contributed by atoms with E-state index in [2.05, 4.69) is 46.0 Å². The molecule has 1 amide bonds. The third-order valence-corrected chi connectivity index (χ3v) is 13.8. The molecule has 0 saturated heterocycles. The summed E-state index contributed by atoms with van der Waals surface area (Å²) in [5.74, 6) is 1.01. The summed E-state index contributed by atoms with van der Waals surface area (Å²) in [5, 5.41) is 13.5. The molecule has 8 atom stereocenters. The number of nitrogens with zero attached hydrogens (tertiary/aromatic N) is 1. The van der Waals surface area contributed by atoms with Crippen molar-refractivity contribution < 1.29 is 14.4 Å². The first-order chi connectivity index (χ1) is 18.0. The second-order valence-corrected chi connectivity index (χ2v) is 16.6. The SMILES string of the molecule is CC1(C)CC[C@]2(NC(=O)C3CC3)CC[C@]3(C)C(C(=O)C[C@@H]4[C@@]5(C)C=C(C#N)C(=O)C(C)(C)[C@@H]5CC[C@]43C)C2C1. The third-order valence-electron chi connectivity index (χ3n) is 13.8. The minimum absolute atomic E-state index is 0.0411. The molecule has 0 radical (unpaired) electrons. The number of allylic oxidation sites excluding steroid dienone is 2. The zero-order valence-corrected chi connectivity index (χ0v) is 25.2. The predicted molar refractivity (Wildman–Crippen MR) is 150 cm³/mol. The van der Waals surface area contributed by atoms with E-state index in [1.54, 1.807) is 0 Å². The van der Waals surface area contributed by atoms with Crippen LogP contribution in [-0.2, 0) is 14.4 Å². The minimum atomic E-state index is -0.612. The number of Topliss-reactive ketones (excluding diaryl/α,β-unsaturated/α-hetero) is 2. The molecule has 0 aromatic heterocycles. The molecule has 0 heterocycles. The second-order valence-electron chi connectivity index (χ2n) is 16.6. The van der Waals surface area contributed by atoms with Gasteiger partial charge in [-0.3, -0.25) is 14.4 Å². The standard InChI is InChI=1S/C34H48N2O3/c1-29(2)12-14-34(36-28(39)20-8-9-20)15-13-33(7)26(22(34)18-29)23(37)16-25-31(5)17-21(19-35)27(38)30(3,4)24(31)10-11-32(25,33)6/h17,20,22,24-26H,8-16,18H2,1-7H3,(H,36,39)/t22?,24-,25+,26?,31-,32+,33+,34-/m0/s1. The van der Waals surface area contributed by atoms with Crippen LogP contribution in [0.25, 0.3) is 0 Å². The van der Waals surface area contributed by atoms with Crippen LogP contribution in [0.4, 0.5) is 0 Å². The van der Waals surface area contributed by atoms with Crippen LogP contribution >= 0.6 is 0 Å². The number of ketones is 2. The normalized spacial score (nSPS) is 47.9. The van der Waals surface area contributed by atoms with Gasteiger partial charge < -0.3 is 5.32 Å². The summed E-state index contributed by atoms with van der Waals surface area (Å²) in [6.45, 7) is 15.8. The first-order valence-electron chi connectivity index (χ1n) is 15.6. The van der Waals surface area contributed by atoms with Gasteiger partial charge in [0.1, 0.15) is 11.9 Å². The van der Waals surface area contributed by atoms with Crippen molar-refractivity contribution in [3.05, 3.63) is 11.6 Å². The molecule has 0 aromatic rings. The van der Waals surface area contributed by atoms with Crippen LogP contribution < -0.4 is 5.32 Å². The van der Waals surface area contributed by atoms with Crippen LogP contribution in [0.3, 0.4) is 0 Å². The maximum absolute atomic E-state index is 14.6. The van der Waals surface area contributed by atoms with E-state index in [-0.39, 0.29) is 74.1 Å². The van der Waals surface area contributed by atoms with E-state index in [9.17, 15) is 19.6 Å². The number of carbonyl (C=O) groups is 3. The van der Waals surface area contributed by atoms with Gasteiger partial charge in [0.2, 0.25) is 5.91 Å². The molecule has 5 heteroatoms. The maximum atomic E-state index is 14.6. The van der Waals surface area contributed by atoms with E-state index in [0.717, 1.165) is 57.8 Å². The summed E-state index contributed by atoms with van der Waals surface area (Å²) in [6, 6.07) is 2.22. The molecular weight excluding hydrogens is 484 g/mol. The van der Waals surface area contributed by atoms with E-state index >= 15 is 0 Å². The van der Waals surface area contributed by atoms with Crippen molar-refractivity contribution in [1.82, 2.24) is 5.32 Å². The van der Waals surface area contributed by atoms with Gasteiger partial charge in [-0.1, -0.05) is 54.5 Å². The van der Waals surface area contributed by atoms with Gasteiger partial charge in [-0.25, -0.2) is 0 Å². The van der Waals surface area contributed by atoms with Crippen LogP contribution in [0.1, 0.15) is 113 Å². The number of hydrogen-bond acceptors (Lipinski definition) is 4. The van der Waals surface area contributed by atoms with Crippen LogP contribution in [0.2, 0.25) is 0 Å². The molecule has 39 heavy (non-hydrogen) atoms. The van der Waals surface area contributed by atoms with Gasteiger partial charge in [-0.05, 0) is 97.2 Å². The van der Waals surface area contributed by atoms with E-state index < -0.39 is 5.41 Å². The van der Waals surface area contributed by atoms with E-state index in [4.69, 9.17) is 0 Å². The molecule has 2 unspecified atom stereocenters. The van der Waals surface area contributed by atoms with Gasteiger partial charge >= 0.3 is 0 Å². The number of hydrogen-bond donors (Lipinski definition) is 1. The number of amides is 1. The van der Waals surface area contributed by atoms with Crippen molar-refractivity contribution in [2.45, 2.75) is 118 Å². The summed E-state index contributed by atoms with van der Waals surface area (Å²) >= 11 is 0. The van der Waals surface area contributed by atoms with Gasteiger partial charge in [0.15, 0.2) is 5.78 Å². The van der Waals surface area contributed by atoms with Gasteiger partial charge in [-0.2, -0.15) is 5.26 Å².